The van der Waals surface area contributed by atoms with Crippen molar-refractivity contribution in [3.05, 3.63) is 0 Å². The number of hydrogen-bond acceptors (Lipinski definition) is 6. The first kappa shape index (κ1) is 27.3. The summed E-state index contributed by atoms with van der Waals surface area (Å²) in [4.78, 5) is 13.0. The van der Waals surface area contributed by atoms with Gasteiger partial charge in [0.1, 0.15) is 0 Å². The van der Waals surface area contributed by atoms with Gasteiger partial charge >= 0.3 is 5.97 Å². The van der Waals surface area contributed by atoms with E-state index in [1.165, 1.54) is 0 Å². The largest absolute Gasteiger partial charge is 0.465 e. The Morgan fingerprint density at radius 3 is 2.26 bits per heavy atom. The zero-order valence-electron chi connectivity index (χ0n) is 22.7. The Bertz CT molecular complexity index is 770. The molecule has 1 saturated heterocycles. The van der Waals surface area contributed by atoms with Crippen molar-refractivity contribution >= 4 is 5.97 Å². The van der Waals surface area contributed by atoms with Crippen molar-refractivity contribution < 1.29 is 30.0 Å². The van der Waals surface area contributed by atoms with Gasteiger partial charge in [-0.05, 0) is 90.8 Å². The standard InChI is InChI=1S/C29H50O6/c1-7-17(15(2)3)26(33)25(32)16(4)19-8-9-20-18-14-35-27(34)22-12-23(30)24(31)13-29(22,6)21(18)10-11-28(19,20)5/h15-26,30-33H,7-14H2,1-6H3/t16-,17?,18?,19+,20?,21?,22?,23-,24+,25+,26?,28+,29+/m0/s1. The van der Waals surface area contributed by atoms with Crippen LogP contribution in [-0.2, 0) is 9.53 Å². The highest BCUT2D eigenvalue weighted by atomic mass is 16.5. The minimum absolute atomic E-state index is 0.00679. The predicted octanol–water partition coefficient (Wildman–Crippen LogP) is 3.78. The van der Waals surface area contributed by atoms with Gasteiger partial charge < -0.3 is 25.2 Å². The van der Waals surface area contributed by atoms with Crippen LogP contribution in [0.4, 0.5) is 0 Å². The van der Waals surface area contributed by atoms with Crippen molar-refractivity contribution in [1.29, 1.82) is 0 Å². The number of carbonyl (C=O) groups excluding carboxylic acids is 1. The summed E-state index contributed by atoms with van der Waals surface area (Å²) in [5, 5.41) is 43.2. The van der Waals surface area contributed by atoms with Crippen molar-refractivity contribution in [3.8, 4) is 0 Å². The monoisotopic (exact) mass is 494 g/mol. The number of cyclic esters (lactones) is 1. The molecular formula is C29H50O6. The number of hydrogen-bond donors (Lipinski definition) is 4. The van der Waals surface area contributed by atoms with Crippen molar-refractivity contribution in [3.63, 3.8) is 0 Å². The molecule has 0 aromatic heterocycles. The summed E-state index contributed by atoms with van der Waals surface area (Å²) in [6.45, 7) is 13.4. The molecule has 0 amide bonds. The van der Waals surface area contributed by atoms with E-state index in [2.05, 4.69) is 41.5 Å². The van der Waals surface area contributed by atoms with Crippen LogP contribution in [0.5, 0.6) is 0 Å². The molecular weight excluding hydrogens is 444 g/mol. The second-order valence-electron chi connectivity index (χ2n) is 13.5. The second kappa shape index (κ2) is 9.89. The highest BCUT2D eigenvalue weighted by Gasteiger charge is 2.63. The molecule has 35 heavy (non-hydrogen) atoms. The fraction of sp³-hybridized carbons (Fsp3) is 0.966. The van der Waals surface area contributed by atoms with Crippen molar-refractivity contribution in [2.75, 3.05) is 6.61 Å². The number of aliphatic hydroxyl groups is 4. The molecule has 6 heteroatoms. The maximum Gasteiger partial charge on any atom is 0.309 e. The quantitative estimate of drug-likeness (QED) is 0.419. The molecule has 13 atom stereocenters. The van der Waals surface area contributed by atoms with Crippen LogP contribution in [0.15, 0.2) is 0 Å². The number of rotatable bonds is 6. The molecule has 1 aliphatic heterocycles. The van der Waals surface area contributed by atoms with E-state index in [9.17, 15) is 25.2 Å². The third kappa shape index (κ3) is 4.38. The summed E-state index contributed by atoms with van der Waals surface area (Å²) in [6.07, 6.45) is 2.49. The van der Waals surface area contributed by atoms with Gasteiger partial charge in [-0.3, -0.25) is 4.79 Å². The average Bonchev–Trinajstić information content (AvgIpc) is 3.11. The van der Waals surface area contributed by atoms with Crippen molar-refractivity contribution in [1.82, 2.24) is 0 Å². The summed E-state index contributed by atoms with van der Waals surface area (Å²) in [5.74, 6) is 1.01. The molecule has 0 radical (unpaired) electrons. The van der Waals surface area contributed by atoms with E-state index in [1.807, 2.05) is 0 Å². The van der Waals surface area contributed by atoms with Crippen molar-refractivity contribution in [2.45, 2.75) is 111 Å². The van der Waals surface area contributed by atoms with Gasteiger partial charge in [0.25, 0.3) is 0 Å². The van der Waals surface area contributed by atoms with Gasteiger partial charge in [0.2, 0.25) is 0 Å². The van der Waals surface area contributed by atoms with Gasteiger partial charge in [-0.2, -0.15) is 0 Å². The van der Waals surface area contributed by atoms with Gasteiger partial charge in [0, 0.05) is 0 Å². The maximum absolute atomic E-state index is 13.0. The van der Waals surface area contributed by atoms with Crippen LogP contribution in [0.2, 0.25) is 0 Å². The molecule has 0 aromatic rings. The fourth-order valence-corrected chi connectivity index (χ4v) is 9.60. The molecule has 6 nitrogen and oxygen atoms in total. The van der Waals surface area contributed by atoms with E-state index in [-0.39, 0.29) is 52.8 Å². The Balaban J connectivity index is 1.57. The van der Waals surface area contributed by atoms with Crippen LogP contribution in [-0.4, -0.2) is 57.4 Å². The Kier molecular flexibility index (Phi) is 7.72. The third-order valence-electron chi connectivity index (χ3n) is 11.7. The average molecular weight is 495 g/mol. The zero-order valence-corrected chi connectivity index (χ0v) is 22.7. The zero-order chi connectivity index (χ0) is 25.9. The summed E-state index contributed by atoms with van der Waals surface area (Å²) in [6, 6.07) is 0. The highest BCUT2D eigenvalue weighted by Crippen LogP contribution is 2.66. The van der Waals surface area contributed by atoms with Gasteiger partial charge in [0.05, 0.1) is 36.9 Å². The van der Waals surface area contributed by atoms with Gasteiger partial charge in [-0.15, -0.1) is 0 Å². The van der Waals surface area contributed by atoms with Crippen LogP contribution in [0.1, 0.15) is 86.5 Å². The van der Waals surface area contributed by atoms with Crippen LogP contribution in [0.3, 0.4) is 0 Å². The van der Waals surface area contributed by atoms with Crippen LogP contribution in [0.25, 0.3) is 0 Å². The lowest BCUT2D eigenvalue weighted by Crippen LogP contribution is -2.55. The lowest BCUT2D eigenvalue weighted by molar-refractivity contribution is -0.162. The molecule has 0 bridgehead atoms. The summed E-state index contributed by atoms with van der Waals surface area (Å²) < 4.78 is 5.88. The molecule has 4 rings (SSSR count). The number of aliphatic hydroxyl groups excluding tert-OH is 4. The van der Waals surface area contributed by atoms with Crippen LogP contribution >= 0.6 is 0 Å². The molecule has 4 N–H and O–H groups in total. The maximum atomic E-state index is 13.0. The Labute approximate surface area is 211 Å². The Morgan fingerprint density at radius 2 is 1.63 bits per heavy atom. The minimum atomic E-state index is -0.867. The molecule has 3 aliphatic carbocycles. The lowest BCUT2D eigenvalue weighted by atomic mass is 9.48. The van der Waals surface area contributed by atoms with E-state index < -0.39 is 24.4 Å². The number of ether oxygens (including phenoxy) is 1. The molecule has 6 unspecified atom stereocenters. The topological polar surface area (TPSA) is 107 Å². The van der Waals surface area contributed by atoms with Gasteiger partial charge in [-0.25, -0.2) is 0 Å². The summed E-state index contributed by atoms with van der Waals surface area (Å²) in [5.41, 5.74) is -0.348. The minimum Gasteiger partial charge on any atom is -0.465 e. The normalized spacial score (nSPS) is 47.1. The summed E-state index contributed by atoms with van der Waals surface area (Å²) >= 11 is 0. The van der Waals surface area contributed by atoms with Gasteiger partial charge in [0.15, 0.2) is 0 Å². The van der Waals surface area contributed by atoms with E-state index in [1.54, 1.807) is 0 Å². The SMILES string of the molecule is CCC(C(C)C)C(O)[C@H](O)[C@@H](C)[C@H]1CCC2C3COC(=O)C4C[C@H](O)[C@H](O)C[C@]4(C)C3CC[C@@]21C. The molecule has 0 aromatic carbocycles. The fourth-order valence-electron chi connectivity index (χ4n) is 9.60. The van der Waals surface area contributed by atoms with E-state index in [4.69, 9.17) is 4.74 Å². The molecule has 4 aliphatic rings. The van der Waals surface area contributed by atoms with Crippen LogP contribution < -0.4 is 0 Å². The Morgan fingerprint density at radius 1 is 0.971 bits per heavy atom. The summed E-state index contributed by atoms with van der Waals surface area (Å²) in [7, 11) is 0. The molecule has 3 saturated carbocycles. The first-order valence-electron chi connectivity index (χ1n) is 14.3. The molecule has 202 valence electrons. The van der Waals surface area contributed by atoms with E-state index >= 15 is 0 Å². The molecule has 4 fully saturated rings. The number of carbonyl (C=O) groups is 1. The second-order valence-corrected chi connectivity index (χ2v) is 13.5. The third-order valence-corrected chi connectivity index (χ3v) is 11.7. The van der Waals surface area contributed by atoms with Crippen LogP contribution in [0, 0.1) is 58.2 Å². The highest BCUT2D eigenvalue weighted by molar-refractivity contribution is 5.74. The molecule has 0 spiro atoms. The predicted molar refractivity (Wildman–Crippen MR) is 134 cm³/mol. The Hall–Kier alpha value is -0.690. The van der Waals surface area contributed by atoms with E-state index in [0.29, 0.717) is 30.8 Å². The van der Waals surface area contributed by atoms with Crippen molar-refractivity contribution in [2.24, 2.45) is 58.2 Å². The first-order chi connectivity index (χ1) is 16.4. The first-order valence-corrected chi connectivity index (χ1v) is 14.3. The van der Waals surface area contributed by atoms with Gasteiger partial charge in [-0.1, -0.05) is 48.0 Å². The smallest absolute Gasteiger partial charge is 0.309 e. The molecule has 1 heterocycles. The van der Waals surface area contributed by atoms with E-state index in [0.717, 1.165) is 32.1 Å². The lowest BCUT2D eigenvalue weighted by Gasteiger charge is -2.56. The number of esters is 1. The number of fused-ring (bicyclic) bond motifs is 5.